The van der Waals surface area contributed by atoms with E-state index in [4.69, 9.17) is 0 Å². The van der Waals surface area contributed by atoms with E-state index < -0.39 is 0 Å². The number of likely N-dealkylation sites (tertiary alicyclic amines) is 1. The van der Waals surface area contributed by atoms with Crippen molar-refractivity contribution in [3.63, 3.8) is 0 Å². The molecule has 1 fully saturated rings. The second-order valence-electron chi connectivity index (χ2n) is 4.63. The van der Waals surface area contributed by atoms with Gasteiger partial charge in [0, 0.05) is 19.1 Å². The molecule has 0 saturated carbocycles. The Morgan fingerprint density at radius 2 is 2.26 bits per heavy atom. The molecule has 102 valence electrons. The van der Waals surface area contributed by atoms with E-state index in [0.29, 0.717) is 11.9 Å². The summed E-state index contributed by atoms with van der Waals surface area (Å²) >= 11 is 0. The molecule has 2 aromatic rings. The van der Waals surface area contributed by atoms with Crippen LogP contribution in [0, 0.1) is 0 Å². The molecule has 1 aromatic heterocycles. The quantitative estimate of drug-likeness (QED) is 0.875. The number of hydrogen-bond donors (Lipinski definition) is 2. The molecule has 5 nitrogen and oxygen atoms in total. The lowest BCUT2D eigenvalue weighted by molar-refractivity contribution is 0.0779. The van der Waals surface area contributed by atoms with Crippen LogP contribution in [0.4, 0.5) is 0 Å². The first-order chi connectivity index (χ1) is 8.78. The van der Waals surface area contributed by atoms with Crippen LogP contribution in [0.5, 0.6) is 0 Å². The first-order valence-electron chi connectivity index (χ1n) is 6.19. The van der Waals surface area contributed by atoms with Crippen LogP contribution in [-0.4, -0.2) is 47.0 Å². The Morgan fingerprint density at radius 3 is 2.95 bits per heavy atom. The molecule has 0 aliphatic carbocycles. The molecule has 1 amide bonds. The first kappa shape index (κ1) is 13.8. The Hall–Kier alpha value is -1.59. The molecule has 1 saturated heterocycles. The number of fused-ring (bicyclic) bond motifs is 1. The van der Waals surface area contributed by atoms with Crippen molar-refractivity contribution in [3.05, 3.63) is 30.1 Å². The van der Waals surface area contributed by atoms with Gasteiger partial charge in [-0.15, -0.1) is 12.4 Å². The van der Waals surface area contributed by atoms with Gasteiger partial charge in [0.2, 0.25) is 0 Å². The third kappa shape index (κ3) is 2.57. The molecular formula is C13H17ClN4O. The van der Waals surface area contributed by atoms with E-state index in [1.807, 2.05) is 36.2 Å². The number of likely N-dealkylation sites (N-methyl/N-ethyl adjacent to an activating group) is 1. The number of amides is 1. The number of carbonyl (C=O) groups excluding carboxylic acids is 1. The fraction of sp³-hybridized carbons (Fsp3) is 0.385. The zero-order valence-electron chi connectivity index (χ0n) is 10.7. The Kier molecular flexibility index (Phi) is 4.07. The van der Waals surface area contributed by atoms with Gasteiger partial charge in [-0.25, -0.2) is 4.98 Å². The maximum atomic E-state index is 12.3. The number of aromatic amines is 1. The summed E-state index contributed by atoms with van der Waals surface area (Å²) in [6.07, 6.45) is 1.00. The van der Waals surface area contributed by atoms with Crippen LogP contribution in [0.25, 0.3) is 11.0 Å². The van der Waals surface area contributed by atoms with Crippen molar-refractivity contribution in [1.82, 2.24) is 20.2 Å². The third-order valence-corrected chi connectivity index (χ3v) is 3.48. The van der Waals surface area contributed by atoms with Gasteiger partial charge in [0.25, 0.3) is 5.91 Å². The molecule has 1 aliphatic rings. The molecule has 1 unspecified atom stereocenters. The summed E-state index contributed by atoms with van der Waals surface area (Å²) in [5.74, 6) is 0.428. The molecule has 2 heterocycles. The number of halogens is 1. The molecule has 1 atom stereocenters. The summed E-state index contributed by atoms with van der Waals surface area (Å²) in [6, 6.07) is 8.09. The standard InChI is InChI=1S/C13H16N4O.ClH/c1-14-9-6-7-17(8-9)13(18)12-15-10-4-2-3-5-11(10)16-12;/h2-5,9,14H,6-8H2,1H3,(H,15,16);1H. The van der Waals surface area contributed by atoms with E-state index in [2.05, 4.69) is 15.3 Å². The van der Waals surface area contributed by atoms with Gasteiger partial charge >= 0.3 is 0 Å². The number of para-hydroxylation sites is 2. The normalized spacial score (nSPS) is 18.6. The lowest BCUT2D eigenvalue weighted by atomic mass is 10.3. The van der Waals surface area contributed by atoms with Crippen LogP contribution in [0.15, 0.2) is 24.3 Å². The Labute approximate surface area is 117 Å². The van der Waals surface area contributed by atoms with Gasteiger partial charge in [0.1, 0.15) is 0 Å². The summed E-state index contributed by atoms with van der Waals surface area (Å²) in [4.78, 5) is 21.6. The maximum Gasteiger partial charge on any atom is 0.289 e. The van der Waals surface area contributed by atoms with E-state index in [9.17, 15) is 4.79 Å². The molecule has 19 heavy (non-hydrogen) atoms. The third-order valence-electron chi connectivity index (χ3n) is 3.48. The number of benzene rings is 1. The molecule has 6 heteroatoms. The topological polar surface area (TPSA) is 61.0 Å². The summed E-state index contributed by atoms with van der Waals surface area (Å²) in [5.41, 5.74) is 1.75. The summed E-state index contributed by atoms with van der Waals surface area (Å²) in [6.45, 7) is 1.55. The average molecular weight is 281 g/mol. The van der Waals surface area contributed by atoms with Crippen molar-refractivity contribution < 1.29 is 4.79 Å². The monoisotopic (exact) mass is 280 g/mol. The molecule has 0 bridgehead atoms. The van der Waals surface area contributed by atoms with Crippen LogP contribution in [0.2, 0.25) is 0 Å². The van der Waals surface area contributed by atoms with Gasteiger partial charge in [-0.3, -0.25) is 4.79 Å². The van der Waals surface area contributed by atoms with Crippen molar-refractivity contribution in [3.8, 4) is 0 Å². The molecule has 0 spiro atoms. The molecule has 3 rings (SSSR count). The lowest BCUT2D eigenvalue weighted by Gasteiger charge is -2.14. The van der Waals surface area contributed by atoms with Crippen LogP contribution in [-0.2, 0) is 0 Å². The highest BCUT2D eigenvalue weighted by molar-refractivity contribution is 5.94. The van der Waals surface area contributed by atoms with Gasteiger partial charge in [0.05, 0.1) is 11.0 Å². The molecule has 0 radical (unpaired) electrons. The largest absolute Gasteiger partial charge is 0.334 e. The zero-order chi connectivity index (χ0) is 12.5. The lowest BCUT2D eigenvalue weighted by Crippen LogP contribution is -2.33. The predicted molar refractivity (Wildman–Crippen MR) is 76.7 cm³/mol. The van der Waals surface area contributed by atoms with Crippen LogP contribution >= 0.6 is 12.4 Å². The number of imidazole rings is 1. The van der Waals surface area contributed by atoms with E-state index in [1.54, 1.807) is 0 Å². The van der Waals surface area contributed by atoms with Gasteiger partial charge in [0.15, 0.2) is 5.82 Å². The number of hydrogen-bond acceptors (Lipinski definition) is 3. The fourth-order valence-electron chi connectivity index (χ4n) is 2.38. The van der Waals surface area contributed by atoms with Crippen LogP contribution < -0.4 is 5.32 Å². The number of aromatic nitrogens is 2. The highest BCUT2D eigenvalue weighted by atomic mass is 35.5. The minimum atomic E-state index is -0.0102. The summed E-state index contributed by atoms with van der Waals surface area (Å²) in [7, 11) is 1.93. The zero-order valence-corrected chi connectivity index (χ0v) is 11.5. The molecule has 2 N–H and O–H groups in total. The smallest absolute Gasteiger partial charge is 0.289 e. The molecular weight excluding hydrogens is 264 g/mol. The predicted octanol–water partition coefficient (Wildman–Crippen LogP) is 1.42. The van der Waals surface area contributed by atoms with Gasteiger partial charge < -0.3 is 15.2 Å². The number of nitrogens with zero attached hydrogens (tertiary/aromatic N) is 2. The molecule has 1 aliphatic heterocycles. The number of nitrogens with one attached hydrogen (secondary N) is 2. The Morgan fingerprint density at radius 1 is 1.47 bits per heavy atom. The fourth-order valence-corrected chi connectivity index (χ4v) is 2.38. The first-order valence-corrected chi connectivity index (χ1v) is 6.19. The second kappa shape index (κ2) is 5.59. The van der Waals surface area contributed by atoms with Crippen molar-refractivity contribution in [2.24, 2.45) is 0 Å². The van der Waals surface area contributed by atoms with Crippen LogP contribution in [0.3, 0.4) is 0 Å². The highest BCUT2D eigenvalue weighted by Gasteiger charge is 2.27. The van der Waals surface area contributed by atoms with E-state index in [0.717, 1.165) is 30.5 Å². The summed E-state index contributed by atoms with van der Waals surface area (Å²) in [5, 5.41) is 3.20. The Balaban J connectivity index is 0.00000133. The van der Waals surface area contributed by atoms with Gasteiger partial charge in [-0.1, -0.05) is 12.1 Å². The minimum Gasteiger partial charge on any atom is -0.334 e. The average Bonchev–Trinajstić information content (AvgIpc) is 3.04. The Bertz CT molecular complexity index is 550. The minimum absolute atomic E-state index is 0. The van der Waals surface area contributed by atoms with E-state index >= 15 is 0 Å². The highest BCUT2D eigenvalue weighted by Crippen LogP contribution is 2.15. The van der Waals surface area contributed by atoms with Gasteiger partial charge in [-0.05, 0) is 25.6 Å². The SMILES string of the molecule is CNC1CCN(C(=O)c2nc3ccccc3[nH]2)C1.Cl. The number of carbonyl (C=O) groups is 1. The molecule has 1 aromatic carbocycles. The van der Waals surface area contributed by atoms with Crippen molar-refractivity contribution in [2.75, 3.05) is 20.1 Å². The summed E-state index contributed by atoms with van der Waals surface area (Å²) < 4.78 is 0. The number of H-pyrrole nitrogens is 1. The maximum absolute atomic E-state index is 12.3. The second-order valence-corrected chi connectivity index (χ2v) is 4.63. The van der Waals surface area contributed by atoms with E-state index in [1.165, 1.54) is 0 Å². The van der Waals surface area contributed by atoms with Crippen molar-refractivity contribution >= 4 is 29.3 Å². The number of rotatable bonds is 2. The van der Waals surface area contributed by atoms with Gasteiger partial charge in [-0.2, -0.15) is 0 Å². The van der Waals surface area contributed by atoms with Crippen LogP contribution in [0.1, 0.15) is 17.0 Å². The van der Waals surface area contributed by atoms with Crippen molar-refractivity contribution in [2.45, 2.75) is 12.5 Å². The van der Waals surface area contributed by atoms with E-state index in [-0.39, 0.29) is 18.3 Å². The van der Waals surface area contributed by atoms with Crippen molar-refractivity contribution in [1.29, 1.82) is 0 Å².